The third kappa shape index (κ3) is 5.16. The van der Waals surface area contributed by atoms with E-state index in [1.807, 2.05) is 13.8 Å². The van der Waals surface area contributed by atoms with Gasteiger partial charge < -0.3 is 0 Å². The van der Waals surface area contributed by atoms with Crippen LogP contribution >= 0.6 is 0 Å². The molecule has 0 nitrogen and oxygen atoms in total. The van der Waals surface area contributed by atoms with Crippen molar-refractivity contribution in [2.45, 2.75) is 39.8 Å². The van der Waals surface area contributed by atoms with Crippen LogP contribution in [-0.2, 0) is 0 Å². The summed E-state index contributed by atoms with van der Waals surface area (Å²) in [4.78, 5) is 0. The number of rotatable bonds is 5. The van der Waals surface area contributed by atoms with Crippen LogP contribution in [0.4, 0.5) is 8.78 Å². The van der Waals surface area contributed by atoms with Crippen molar-refractivity contribution >= 4 is 0 Å². The molecule has 0 fully saturated rings. The monoisotopic (exact) mass is 164 g/mol. The first-order valence-corrected chi connectivity index (χ1v) is 4.28. The van der Waals surface area contributed by atoms with E-state index >= 15 is 0 Å². The van der Waals surface area contributed by atoms with Crippen LogP contribution in [0.2, 0.25) is 0 Å². The second-order valence-electron chi connectivity index (χ2n) is 3.49. The van der Waals surface area contributed by atoms with Gasteiger partial charge in [-0.2, -0.15) is 0 Å². The molecule has 0 rings (SSSR count). The molecule has 3 atom stereocenters. The van der Waals surface area contributed by atoms with E-state index in [0.29, 0.717) is 0 Å². The molecule has 11 heavy (non-hydrogen) atoms. The van der Waals surface area contributed by atoms with Crippen molar-refractivity contribution in [3.8, 4) is 0 Å². The number of alkyl halides is 2. The second kappa shape index (κ2) is 5.50. The van der Waals surface area contributed by atoms with Crippen molar-refractivity contribution in [3.63, 3.8) is 0 Å². The van der Waals surface area contributed by atoms with Crippen molar-refractivity contribution < 1.29 is 8.78 Å². The fourth-order valence-electron chi connectivity index (χ4n) is 0.854. The maximum absolute atomic E-state index is 12.6. The lowest BCUT2D eigenvalue weighted by atomic mass is 9.96. The van der Waals surface area contributed by atoms with E-state index in [1.54, 1.807) is 6.92 Å². The second-order valence-corrected chi connectivity index (χ2v) is 3.49. The number of halogens is 2. The van der Waals surface area contributed by atoms with Gasteiger partial charge in [-0.25, -0.2) is 4.39 Å². The number of hydrogen-bond donors (Lipinski definition) is 0. The normalized spacial score (nSPS) is 19.4. The highest BCUT2D eigenvalue weighted by molar-refractivity contribution is 4.61. The molecule has 0 spiro atoms. The Hall–Kier alpha value is -0.140. The highest BCUT2D eigenvalue weighted by atomic mass is 19.1. The van der Waals surface area contributed by atoms with Gasteiger partial charge in [0, 0.05) is 0 Å². The summed E-state index contributed by atoms with van der Waals surface area (Å²) >= 11 is 0. The van der Waals surface area contributed by atoms with Crippen LogP contribution in [0.1, 0.15) is 33.6 Å². The van der Waals surface area contributed by atoms with Crippen LogP contribution in [0.3, 0.4) is 0 Å². The summed E-state index contributed by atoms with van der Waals surface area (Å²) in [5.41, 5.74) is 0. The Morgan fingerprint density at radius 1 is 1.09 bits per heavy atom. The predicted octanol–water partition coefficient (Wildman–Crippen LogP) is 3.37. The fourth-order valence-corrected chi connectivity index (χ4v) is 0.854. The molecule has 0 amide bonds. The molecule has 0 aliphatic carbocycles. The molecule has 68 valence electrons. The largest absolute Gasteiger partial charge is 0.251 e. The van der Waals surface area contributed by atoms with Crippen molar-refractivity contribution in [1.82, 2.24) is 0 Å². The van der Waals surface area contributed by atoms with Crippen LogP contribution in [0, 0.1) is 11.8 Å². The van der Waals surface area contributed by atoms with Crippen LogP contribution in [-0.4, -0.2) is 12.8 Å². The molecular weight excluding hydrogens is 146 g/mol. The van der Waals surface area contributed by atoms with Gasteiger partial charge in [0.15, 0.2) is 0 Å². The van der Waals surface area contributed by atoms with Gasteiger partial charge in [0.25, 0.3) is 0 Å². The third-order valence-electron chi connectivity index (χ3n) is 2.16. The first kappa shape index (κ1) is 10.9. The molecule has 0 saturated heterocycles. The topological polar surface area (TPSA) is 0 Å². The lowest BCUT2D eigenvalue weighted by molar-refractivity contribution is 0.234. The Balaban J connectivity index is 3.37. The molecule has 0 aliphatic rings. The molecule has 0 aromatic carbocycles. The Morgan fingerprint density at radius 3 is 2.00 bits per heavy atom. The van der Waals surface area contributed by atoms with Gasteiger partial charge in [-0.3, -0.25) is 4.39 Å². The molecule has 0 bridgehead atoms. The maximum Gasteiger partial charge on any atom is 0.0998 e. The summed E-state index contributed by atoms with van der Waals surface area (Å²) in [6.45, 7) is 5.00. The molecule has 0 aliphatic heterocycles. The Labute approximate surface area is 68.0 Å². The van der Waals surface area contributed by atoms with Gasteiger partial charge in [0.05, 0.1) is 12.8 Å². The lowest BCUT2D eigenvalue weighted by Gasteiger charge is -2.13. The molecule has 0 aromatic rings. The first-order chi connectivity index (χ1) is 5.07. The third-order valence-corrected chi connectivity index (χ3v) is 2.16. The summed E-state index contributed by atoms with van der Waals surface area (Å²) in [6, 6.07) is 0. The molecule has 3 unspecified atom stereocenters. The number of hydrogen-bond acceptors (Lipinski definition) is 0. The van der Waals surface area contributed by atoms with Gasteiger partial charge >= 0.3 is 0 Å². The highest BCUT2D eigenvalue weighted by Gasteiger charge is 2.11. The van der Waals surface area contributed by atoms with Gasteiger partial charge in [-0.05, 0) is 31.6 Å². The van der Waals surface area contributed by atoms with Crippen LogP contribution in [0.25, 0.3) is 0 Å². The van der Waals surface area contributed by atoms with Crippen LogP contribution < -0.4 is 0 Å². The van der Waals surface area contributed by atoms with E-state index in [2.05, 4.69) is 0 Å². The molecule has 2 heteroatoms. The zero-order valence-electron chi connectivity index (χ0n) is 7.61. The van der Waals surface area contributed by atoms with E-state index in [0.717, 1.165) is 12.8 Å². The van der Waals surface area contributed by atoms with Gasteiger partial charge in [0.2, 0.25) is 0 Å². The summed E-state index contributed by atoms with van der Waals surface area (Å²) in [5, 5.41) is 0. The Morgan fingerprint density at radius 2 is 1.64 bits per heavy atom. The van der Waals surface area contributed by atoms with Crippen molar-refractivity contribution in [1.29, 1.82) is 0 Å². The van der Waals surface area contributed by atoms with E-state index in [1.165, 1.54) is 0 Å². The van der Waals surface area contributed by atoms with Crippen molar-refractivity contribution in [2.75, 3.05) is 6.67 Å². The molecule has 0 heterocycles. The van der Waals surface area contributed by atoms with Crippen molar-refractivity contribution in [3.05, 3.63) is 0 Å². The van der Waals surface area contributed by atoms with E-state index in [9.17, 15) is 8.78 Å². The summed E-state index contributed by atoms with van der Waals surface area (Å²) < 4.78 is 24.5. The predicted molar refractivity (Wildman–Crippen MR) is 44.1 cm³/mol. The van der Waals surface area contributed by atoms with E-state index in [-0.39, 0.29) is 18.5 Å². The lowest BCUT2D eigenvalue weighted by Crippen LogP contribution is -2.10. The average molecular weight is 164 g/mol. The smallest absolute Gasteiger partial charge is 0.0998 e. The van der Waals surface area contributed by atoms with Gasteiger partial charge in [-0.15, -0.1) is 0 Å². The Bertz CT molecular complexity index is 91.6. The maximum atomic E-state index is 12.6. The fraction of sp³-hybridized carbons (Fsp3) is 1.00. The van der Waals surface area contributed by atoms with Crippen molar-refractivity contribution in [2.24, 2.45) is 11.8 Å². The zero-order valence-corrected chi connectivity index (χ0v) is 7.61. The highest BCUT2D eigenvalue weighted by Crippen LogP contribution is 2.17. The van der Waals surface area contributed by atoms with Crippen LogP contribution in [0.15, 0.2) is 0 Å². The molecule has 0 aromatic heterocycles. The van der Waals surface area contributed by atoms with E-state index < -0.39 is 6.17 Å². The summed E-state index contributed by atoms with van der Waals surface area (Å²) in [7, 11) is 0. The van der Waals surface area contributed by atoms with Gasteiger partial charge in [0.1, 0.15) is 0 Å². The minimum Gasteiger partial charge on any atom is -0.251 e. The first-order valence-electron chi connectivity index (χ1n) is 4.28. The zero-order chi connectivity index (χ0) is 8.85. The minimum atomic E-state index is -0.762. The van der Waals surface area contributed by atoms with Crippen LogP contribution in [0.5, 0.6) is 0 Å². The summed E-state index contributed by atoms with van der Waals surface area (Å²) in [5.74, 6) is 0.167. The standard InChI is InChI=1S/C9H18F2/c1-7(6-10)4-5-8(2)9(3)11/h7-9H,4-6H2,1-3H3. The average Bonchev–Trinajstić information content (AvgIpc) is 1.99. The Kier molecular flexibility index (Phi) is 5.43. The molecule has 0 N–H and O–H groups in total. The summed E-state index contributed by atoms with van der Waals surface area (Å²) in [6.07, 6.45) is 0.830. The molecule has 0 saturated carbocycles. The molecular formula is C9H18F2. The SMILES string of the molecule is CC(CF)CCC(C)C(C)F. The quantitative estimate of drug-likeness (QED) is 0.584. The minimum absolute atomic E-state index is 0.0731. The molecule has 0 radical (unpaired) electrons. The van der Waals surface area contributed by atoms with Gasteiger partial charge in [-0.1, -0.05) is 13.8 Å². The van der Waals surface area contributed by atoms with E-state index in [4.69, 9.17) is 0 Å².